The Labute approximate surface area is 115 Å². The lowest BCUT2D eigenvalue weighted by Crippen LogP contribution is -2.24. The maximum atomic E-state index is 12.0. The standard InChI is InChI=1S/C15H13NO4/c17-15-4-1-5-16(15)11-8-14-13(19-9-20-14)7-10(11)12-3-2-6-18-12/h2-3,6-8H,1,4-5,9H2. The maximum absolute atomic E-state index is 12.0. The molecule has 0 N–H and O–H groups in total. The van der Waals surface area contributed by atoms with Gasteiger partial charge in [-0.05, 0) is 24.6 Å². The van der Waals surface area contributed by atoms with Gasteiger partial charge in [0.1, 0.15) is 5.76 Å². The van der Waals surface area contributed by atoms with Crippen LogP contribution in [0.2, 0.25) is 0 Å². The maximum Gasteiger partial charge on any atom is 0.231 e. The fourth-order valence-electron chi connectivity index (χ4n) is 2.69. The summed E-state index contributed by atoms with van der Waals surface area (Å²) in [6, 6.07) is 7.45. The van der Waals surface area contributed by atoms with Gasteiger partial charge in [-0.1, -0.05) is 0 Å². The van der Waals surface area contributed by atoms with Crippen LogP contribution in [0.25, 0.3) is 11.3 Å². The van der Waals surface area contributed by atoms with Gasteiger partial charge in [0.25, 0.3) is 0 Å². The Bertz CT molecular complexity index is 663. The van der Waals surface area contributed by atoms with E-state index in [1.54, 1.807) is 11.2 Å². The minimum atomic E-state index is 0.136. The van der Waals surface area contributed by atoms with Crippen molar-refractivity contribution < 1.29 is 18.7 Å². The number of anilines is 1. The number of benzene rings is 1. The highest BCUT2D eigenvalue weighted by Gasteiger charge is 2.28. The normalized spacial score (nSPS) is 17.0. The number of ether oxygens (including phenoxy) is 2. The van der Waals surface area contributed by atoms with Gasteiger partial charge < -0.3 is 18.8 Å². The molecule has 20 heavy (non-hydrogen) atoms. The lowest BCUT2D eigenvalue weighted by molar-refractivity contribution is -0.117. The molecular formula is C15H13NO4. The average molecular weight is 271 g/mol. The van der Waals surface area contributed by atoms with E-state index in [-0.39, 0.29) is 12.7 Å². The van der Waals surface area contributed by atoms with Crippen LogP contribution in [0.5, 0.6) is 11.5 Å². The SMILES string of the molecule is O=C1CCCN1c1cc2c(cc1-c1ccco1)OCO2. The van der Waals surface area contributed by atoms with E-state index in [2.05, 4.69) is 0 Å². The molecule has 0 aliphatic carbocycles. The summed E-state index contributed by atoms with van der Waals surface area (Å²) in [7, 11) is 0. The zero-order valence-corrected chi connectivity index (χ0v) is 10.8. The number of furan rings is 1. The van der Waals surface area contributed by atoms with E-state index in [1.165, 1.54) is 0 Å². The molecule has 0 radical (unpaired) electrons. The quantitative estimate of drug-likeness (QED) is 0.842. The van der Waals surface area contributed by atoms with Crippen molar-refractivity contribution in [3.63, 3.8) is 0 Å². The first kappa shape index (κ1) is 11.4. The molecule has 5 heteroatoms. The second-order valence-electron chi connectivity index (χ2n) is 4.85. The molecule has 2 aliphatic heterocycles. The Hall–Kier alpha value is -2.43. The second-order valence-corrected chi connectivity index (χ2v) is 4.85. The van der Waals surface area contributed by atoms with Crippen LogP contribution in [-0.4, -0.2) is 19.2 Å². The highest BCUT2D eigenvalue weighted by atomic mass is 16.7. The fourth-order valence-corrected chi connectivity index (χ4v) is 2.69. The van der Waals surface area contributed by atoms with Gasteiger partial charge in [-0.25, -0.2) is 0 Å². The van der Waals surface area contributed by atoms with Crippen molar-refractivity contribution in [3.05, 3.63) is 30.5 Å². The molecule has 1 amide bonds. The van der Waals surface area contributed by atoms with Crippen LogP contribution >= 0.6 is 0 Å². The molecule has 0 unspecified atom stereocenters. The molecule has 1 fully saturated rings. The van der Waals surface area contributed by atoms with E-state index in [4.69, 9.17) is 13.9 Å². The number of rotatable bonds is 2. The number of hydrogen-bond acceptors (Lipinski definition) is 4. The van der Waals surface area contributed by atoms with Gasteiger partial charge in [0, 0.05) is 24.6 Å². The number of amides is 1. The van der Waals surface area contributed by atoms with Crippen molar-refractivity contribution in [2.45, 2.75) is 12.8 Å². The van der Waals surface area contributed by atoms with Gasteiger partial charge in [-0.15, -0.1) is 0 Å². The highest BCUT2D eigenvalue weighted by Crippen LogP contribution is 2.43. The minimum absolute atomic E-state index is 0.136. The number of fused-ring (bicyclic) bond motifs is 1. The predicted octanol–water partition coefficient (Wildman–Crippen LogP) is 2.80. The Kier molecular flexibility index (Phi) is 2.45. The lowest BCUT2D eigenvalue weighted by Gasteiger charge is -2.19. The molecule has 1 aromatic heterocycles. The van der Waals surface area contributed by atoms with Crippen LogP contribution in [0.1, 0.15) is 12.8 Å². The first-order chi connectivity index (χ1) is 9.83. The van der Waals surface area contributed by atoms with Crippen molar-refractivity contribution in [2.75, 3.05) is 18.2 Å². The molecular weight excluding hydrogens is 258 g/mol. The lowest BCUT2D eigenvalue weighted by atomic mass is 10.1. The van der Waals surface area contributed by atoms with Gasteiger partial charge in [-0.3, -0.25) is 4.79 Å². The zero-order chi connectivity index (χ0) is 13.5. The molecule has 5 nitrogen and oxygen atoms in total. The van der Waals surface area contributed by atoms with E-state index in [0.717, 1.165) is 30.0 Å². The van der Waals surface area contributed by atoms with Gasteiger partial charge >= 0.3 is 0 Å². The summed E-state index contributed by atoms with van der Waals surface area (Å²) in [6.07, 6.45) is 3.09. The molecule has 102 valence electrons. The molecule has 0 spiro atoms. The predicted molar refractivity (Wildman–Crippen MR) is 71.9 cm³/mol. The third-order valence-corrected chi connectivity index (χ3v) is 3.64. The molecule has 0 atom stereocenters. The van der Waals surface area contributed by atoms with E-state index in [9.17, 15) is 4.79 Å². The highest BCUT2D eigenvalue weighted by molar-refractivity contribution is 5.99. The van der Waals surface area contributed by atoms with Crippen LogP contribution in [0.15, 0.2) is 34.9 Å². The number of hydrogen-bond donors (Lipinski definition) is 0. The smallest absolute Gasteiger partial charge is 0.231 e. The molecule has 2 aliphatic rings. The fraction of sp³-hybridized carbons (Fsp3) is 0.267. The second kappa shape index (κ2) is 4.30. The number of carbonyl (C=O) groups excluding carboxylic acids is 1. The van der Waals surface area contributed by atoms with Crippen molar-refractivity contribution in [2.24, 2.45) is 0 Å². The number of nitrogens with zero attached hydrogens (tertiary/aromatic N) is 1. The topological polar surface area (TPSA) is 51.9 Å². The van der Waals surface area contributed by atoms with Crippen LogP contribution in [0, 0.1) is 0 Å². The van der Waals surface area contributed by atoms with Crippen molar-refractivity contribution >= 4 is 11.6 Å². The van der Waals surface area contributed by atoms with Crippen molar-refractivity contribution in [1.82, 2.24) is 0 Å². The largest absolute Gasteiger partial charge is 0.464 e. The summed E-state index contributed by atoms with van der Waals surface area (Å²) < 4.78 is 16.3. The van der Waals surface area contributed by atoms with Gasteiger partial charge in [0.2, 0.25) is 12.7 Å². The summed E-state index contributed by atoms with van der Waals surface area (Å²) in [5.74, 6) is 2.22. The summed E-state index contributed by atoms with van der Waals surface area (Å²) in [6.45, 7) is 0.941. The van der Waals surface area contributed by atoms with Crippen molar-refractivity contribution in [3.8, 4) is 22.8 Å². The summed E-state index contributed by atoms with van der Waals surface area (Å²) in [4.78, 5) is 13.8. The minimum Gasteiger partial charge on any atom is -0.464 e. The molecule has 2 aromatic rings. The summed E-state index contributed by atoms with van der Waals surface area (Å²) >= 11 is 0. The zero-order valence-electron chi connectivity index (χ0n) is 10.8. The summed E-state index contributed by atoms with van der Waals surface area (Å²) in [5.41, 5.74) is 1.68. The van der Waals surface area contributed by atoms with Crippen LogP contribution in [0.3, 0.4) is 0 Å². The van der Waals surface area contributed by atoms with Gasteiger partial charge in [-0.2, -0.15) is 0 Å². The van der Waals surface area contributed by atoms with E-state index >= 15 is 0 Å². The van der Waals surface area contributed by atoms with Crippen LogP contribution in [-0.2, 0) is 4.79 Å². The Balaban J connectivity index is 1.89. The molecule has 1 saturated heterocycles. The Morgan fingerprint density at radius 1 is 1.15 bits per heavy atom. The van der Waals surface area contributed by atoms with E-state index in [0.29, 0.717) is 17.9 Å². The molecule has 3 heterocycles. The van der Waals surface area contributed by atoms with Crippen molar-refractivity contribution in [1.29, 1.82) is 0 Å². The molecule has 4 rings (SSSR count). The third kappa shape index (κ3) is 1.66. The first-order valence-corrected chi connectivity index (χ1v) is 6.61. The third-order valence-electron chi connectivity index (χ3n) is 3.64. The average Bonchev–Trinajstić information content (AvgIpc) is 3.18. The van der Waals surface area contributed by atoms with Crippen LogP contribution in [0.4, 0.5) is 5.69 Å². The van der Waals surface area contributed by atoms with E-state index in [1.807, 2.05) is 24.3 Å². The molecule has 1 aromatic carbocycles. The monoisotopic (exact) mass is 271 g/mol. The summed E-state index contributed by atoms with van der Waals surface area (Å²) in [5, 5.41) is 0. The number of carbonyl (C=O) groups is 1. The Morgan fingerprint density at radius 2 is 2.00 bits per heavy atom. The first-order valence-electron chi connectivity index (χ1n) is 6.61. The van der Waals surface area contributed by atoms with Crippen LogP contribution < -0.4 is 14.4 Å². The van der Waals surface area contributed by atoms with E-state index < -0.39 is 0 Å². The molecule has 0 bridgehead atoms. The van der Waals surface area contributed by atoms with Gasteiger partial charge in [0.05, 0.1) is 12.0 Å². The Morgan fingerprint density at radius 3 is 2.70 bits per heavy atom. The van der Waals surface area contributed by atoms with Gasteiger partial charge in [0.15, 0.2) is 11.5 Å². The molecule has 0 saturated carbocycles.